The first kappa shape index (κ1) is 12.1. The van der Waals surface area contributed by atoms with E-state index >= 15 is 0 Å². The zero-order valence-corrected chi connectivity index (χ0v) is 10.1. The number of carbonyl (C=O) groups is 1. The van der Waals surface area contributed by atoms with Crippen LogP contribution >= 0.6 is 11.6 Å². The molecular weight excluding hydrogens is 210 g/mol. The van der Waals surface area contributed by atoms with E-state index in [4.69, 9.17) is 11.6 Å². The highest BCUT2D eigenvalue weighted by Gasteiger charge is 2.10. The smallest absolute Gasteiger partial charge is 0.251 e. The van der Waals surface area contributed by atoms with Gasteiger partial charge in [0.25, 0.3) is 5.91 Å². The summed E-state index contributed by atoms with van der Waals surface area (Å²) in [5, 5.41) is 3.58. The molecule has 0 aliphatic rings. The van der Waals surface area contributed by atoms with Gasteiger partial charge in [0, 0.05) is 16.6 Å². The van der Waals surface area contributed by atoms with Crippen molar-refractivity contribution in [2.24, 2.45) is 0 Å². The molecule has 0 spiro atoms. The van der Waals surface area contributed by atoms with Gasteiger partial charge < -0.3 is 5.32 Å². The standard InChI is InChI=1S/C12H16ClNO/c1-4-9(3)14-12(15)11-6-5-10(13)7-8(11)2/h5-7,9H,4H2,1-3H3,(H,14,15). The summed E-state index contributed by atoms with van der Waals surface area (Å²) < 4.78 is 0. The van der Waals surface area contributed by atoms with Crippen LogP contribution in [0.2, 0.25) is 5.02 Å². The topological polar surface area (TPSA) is 29.1 Å². The average molecular weight is 226 g/mol. The summed E-state index contributed by atoms with van der Waals surface area (Å²) in [7, 11) is 0. The number of aryl methyl sites for hydroxylation is 1. The summed E-state index contributed by atoms with van der Waals surface area (Å²) in [4.78, 5) is 11.8. The second kappa shape index (κ2) is 5.17. The van der Waals surface area contributed by atoms with E-state index in [9.17, 15) is 4.79 Å². The molecule has 0 aliphatic carbocycles. The molecule has 0 aromatic heterocycles. The first-order valence-electron chi connectivity index (χ1n) is 5.11. The Hall–Kier alpha value is -1.02. The molecule has 0 radical (unpaired) electrons. The number of rotatable bonds is 3. The van der Waals surface area contributed by atoms with Crippen LogP contribution < -0.4 is 5.32 Å². The van der Waals surface area contributed by atoms with Crippen molar-refractivity contribution in [3.05, 3.63) is 34.3 Å². The van der Waals surface area contributed by atoms with Gasteiger partial charge in [-0.3, -0.25) is 4.79 Å². The molecular formula is C12H16ClNO. The van der Waals surface area contributed by atoms with Gasteiger partial charge in [-0.2, -0.15) is 0 Å². The summed E-state index contributed by atoms with van der Waals surface area (Å²) in [6.07, 6.45) is 0.929. The monoisotopic (exact) mass is 225 g/mol. The van der Waals surface area contributed by atoms with Gasteiger partial charge in [0.1, 0.15) is 0 Å². The number of hydrogen-bond donors (Lipinski definition) is 1. The summed E-state index contributed by atoms with van der Waals surface area (Å²) in [5.74, 6) is -0.0292. The van der Waals surface area contributed by atoms with Gasteiger partial charge in [-0.15, -0.1) is 0 Å². The molecule has 1 aromatic rings. The Labute approximate surface area is 95.6 Å². The quantitative estimate of drug-likeness (QED) is 0.841. The van der Waals surface area contributed by atoms with Crippen LogP contribution in [0.1, 0.15) is 36.2 Å². The molecule has 0 aliphatic heterocycles. The van der Waals surface area contributed by atoms with Crippen LogP contribution in [0, 0.1) is 6.92 Å². The fourth-order valence-corrected chi connectivity index (χ4v) is 1.51. The maximum absolute atomic E-state index is 11.8. The fourth-order valence-electron chi connectivity index (χ4n) is 1.29. The molecule has 1 amide bonds. The Morgan fingerprint density at radius 3 is 2.73 bits per heavy atom. The van der Waals surface area contributed by atoms with Crippen molar-refractivity contribution < 1.29 is 4.79 Å². The van der Waals surface area contributed by atoms with Crippen molar-refractivity contribution in [1.29, 1.82) is 0 Å². The van der Waals surface area contributed by atoms with E-state index in [-0.39, 0.29) is 11.9 Å². The normalized spacial score (nSPS) is 12.3. The highest BCUT2D eigenvalue weighted by atomic mass is 35.5. The van der Waals surface area contributed by atoms with Gasteiger partial charge in [0.2, 0.25) is 0 Å². The average Bonchev–Trinajstić information content (AvgIpc) is 2.17. The second-order valence-corrected chi connectivity index (χ2v) is 4.18. The third kappa shape index (κ3) is 3.24. The Bertz CT molecular complexity index is 363. The Kier molecular flexibility index (Phi) is 4.15. The van der Waals surface area contributed by atoms with Crippen LogP contribution in [-0.4, -0.2) is 11.9 Å². The van der Waals surface area contributed by atoms with Crippen molar-refractivity contribution in [2.75, 3.05) is 0 Å². The minimum atomic E-state index is -0.0292. The van der Waals surface area contributed by atoms with E-state index < -0.39 is 0 Å². The number of benzene rings is 1. The number of carbonyl (C=O) groups excluding carboxylic acids is 1. The molecule has 0 fully saturated rings. The van der Waals surface area contributed by atoms with Crippen LogP contribution in [0.5, 0.6) is 0 Å². The lowest BCUT2D eigenvalue weighted by atomic mass is 10.1. The van der Waals surface area contributed by atoms with Crippen molar-refractivity contribution in [2.45, 2.75) is 33.2 Å². The van der Waals surface area contributed by atoms with E-state index in [1.807, 2.05) is 20.8 Å². The van der Waals surface area contributed by atoms with Crippen LogP contribution in [0.3, 0.4) is 0 Å². The van der Waals surface area contributed by atoms with Gasteiger partial charge in [-0.1, -0.05) is 18.5 Å². The summed E-state index contributed by atoms with van der Waals surface area (Å²) >= 11 is 5.82. The van der Waals surface area contributed by atoms with Gasteiger partial charge in [0.15, 0.2) is 0 Å². The van der Waals surface area contributed by atoms with Crippen molar-refractivity contribution in [1.82, 2.24) is 5.32 Å². The summed E-state index contributed by atoms with van der Waals surface area (Å²) in [6, 6.07) is 5.50. The predicted molar refractivity (Wildman–Crippen MR) is 63.4 cm³/mol. The van der Waals surface area contributed by atoms with Gasteiger partial charge >= 0.3 is 0 Å². The second-order valence-electron chi connectivity index (χ2n) is 3.74. The number of halogens is 1. The third-order valence-electron chi connectivity index (χ3n) is 2.42. The molecule has 1 unspecified atom stereocenters. The SMILES string of the molecule is CCC(C)NC(=O)c1ccc(Cl)cc1C. The maximum atomic E-state index is 11.8. The van der Waals surface area contributed by atoms with Crippen molar-refractivity contribution >= 4 is 17.5 Å². The molecule has 15 heavy (non-hydrogen) atoms. The summed E-state index contributed by atoms with van der Waals surface area (Å²) in [6.45, 7) is 5.92. The Morgan fingerprint density at radius 1 is 1.53 bits per heavy atom. The molecule has 1 aromatic carbocycles. The highest BCUT2D eigenvalue weighted by Crippen LogP contribution is 2.15. The van der Waals surface area contributed by atoms with E-state index in [1.165, 1.54) is 0 Å². The van der Waals surface area contributed by atoms with E-state index in [2.05, 4.69) is 5.32 Å². The van der Waals surface area contributed by atoms with Crippen LogP contribution in [0.25, 0.3) is 0 Å². The minimum Gasteiger partial charge on any atom is -0.350 e. The minimum absolute atomic E-state index is 0.0292. The van der Waals surface area contributed by atoms with E-state index in [0.717, 1.165) is 12.0 Å². The van der Waals surface area contributed by atoms with Crippen LogP contribution in [0.15, 0.2) is 18.2 Å². The third-order valence-corrected chi connectivity index (χ3v) is 2.66. The lowest BCUT2D eigenvalue weighted by molar-refractivity contribution is 0.0938. The lowest BCUT2D eigenvalue weighted by Crippen LogP contribution is -2.32. The Balaban J connectivity index is 2.82. The first-order valence-corrected chi connectivity index (χ1v) is 5.49. The largest absolute Gasteiger partial charge is 0.350 e. The number of amides is 1. The molecule has 1 rings (SSSR count). The zero-order valence-electron chi connectivity index (χ0n) is 9.30. The zero-order chi connectivity index (χ0) is 11.4. The van der Waals surface area contributed by atoms with Crippen molar-refractivity contribution in [3.8, 4) is 0 Å². The molecule has 0 saturated heterocycles. The molecule has 2 nitrogen and oxygen atoms in total. The Morgan fingerprint density at radius 2 is 2.20 bits per heavy atom. The number of nitrogens with one attached hydrogen (secondary N) is 1. The van der Waals surface area contributed by atoms with Gasteiger partial charge in [-0.05, 0) is 44.0 Å². The number of hydrogen-bond acceptors (Lipinski definition) is 1. The fraction of sp³-hybridized carbons (Fsp3) is 0.417. The van der Waals surface area contributed by atoms with Gasteiger partial charge in [0.05, 0.1) is 0 Å². The molecule has 0 saturated carbocycles. The van der Waals surface area contributed by atoms with E-state index in [0.29, 0.717) is 10.6 Å². The molecule has 1 N–H and O–H groups in total. The van der Waals surface area contributed by atoms with Gasteiger partial charge in [-0.25, -0.2) is 0 Å². The molecule has 1 atom stereocenters. The maximum Gasteiger partial charge on any atom is 0.251 e. The lowest BCUT2D eigenvalue weighted by Gasteiger charge is -2.12. The highest BCUT2D eigenvalue weighted by molar-refractivity contribution is 6.30. The molecule has 0 bridgehead atoms. The van der Waals surface area contributed by atoms with Crippen LogP contribution in [-0.2, 0) is 0 Å². The summed E-state index contributed by atoms with van der Waals surface area (Å²) in [5.41, 5.74) is 1.60. The van der Waals surface area contributed by atoms with Crippen molar-refractivity contribution in [3.63, 3.8) is 0 Å². The predicted octanol–water partition coefficient (Wildman–Crippen LogP) is 3.18. The molecule has 3 heteroatoms. The van der Waals surface area contributed by atoms with Crippen LogP contribution in [0.4, 0.5) is 0 Å². The van der Waals surface area contributed by atoms with E-state index in [1.54, 1.807) is 18.2 Å². The molecule has 82 valence electrons. The molecule has 0 heterocycles. The first-order chi connectivity index (χ1) is 7.04.